The molecule has 1 aliphatic carbocycles. The zero-order valence-corrected chi connectivity index (χ0v) is 20.7. The number of hydrogen-bond donors (Lipinski definition) is 5. The first kappa shape index (κ1) is 25.7. The molecule has 0 aromatic heterocycles. The molecule has 10 nitrogen and oxygen atoms in total. The topological polar surface area (TPSA) is 129 Å². The molecule has 5 N–H and O–H groups in total. The van der Waals surface area contributed by atoms with Crippen molar-refractivity contribution in [2.24, 2.45) is 0 Å². The highest BCUT2D eigenvalue weighted by Gasteiger charge is 2.20. The lowest BCUT2D eigenvalue weighted by Gasteiger charge is -2.12. The second-order valence-electron chi connectivity index (χ2n) is 8.36. The van der Waals surface area contributed by atoms with Crippen LogP contribution in [0.3, 0.4) is 0 Å². The second kappa shape index (κ2) is 12.0. The van der Waals surface area contributed by atoms with Gasteiger partial charge in [0.25, 0.3) is 0 Å². The van der Waals surface area contributed by atoms with Crippen LogP contribution in [0, 0.1) is 5.82 Å². The standard InChI is InChI=1S/C26H30FN5O5/c1-35-21-15-19-16(12-20-24(19)31-32-25(20)30-18-7-3-6-17(27)14-18)13-22(21)37-11-5-10-28-23(33)8-4-9-29-26(34)36-2/h3,6-7,12-15,30-32H,4-5,8-11H2,1-2H3,(H,28,33)(H,29,34). The minimum atomic E-state index is -0.510. The molecule has 196 valence electrons. The Morgan fingerprint density at radius 2 is 1.81 bits per heavy atom. The molecule has 1 heterocycles. The van der Waals surface area contributed by atoms with Gasteiger partial charge < -0.3 is 30.2 Å². The number of carbonyl (C=O) groups is 2. The summed E-state index contributed by atoms with van der Waals surface area (Å²) in [5.74, 6) is 1.51. The van der Waals surface area contributed by atoms with Crippen molar-refractivity contribution in [2.45, 2.75) is 19.3 Å². The maximum absolute atomic E-state index is 13.6. The second-order valence-corrected chi connectivity index (χ2v) is 8.36. The Kier molecular flexibility index (Phi) is 8.34. The Hall–Kier alpha value is -4.41. The van der Waals surface area contributed by atoms with Gasteiger partial charge in [0.15, 0.2) is 11.5 Å². The lowest BCUT2D eigenvalue weighted by Crippen LogP contribution is -2.28. The van der Waals surface area contributed by atoms with Crippen molar-refractivity contribution >= 4 is 34.3 Å². The monoisotopic (exact) mass is 511 g/mol. The number of carbonyl (C=O) groups excluding carboxylic acids is 2. The van der Waals surface area contributed by atoms with Crippen LogP contribution in [-0.2, 0) is 9.53 Å². The number of aromatic nitrogens is 2. The molecule has 0 unspecified atom stereocenters. The Balaban J connectivity index is 1.32. The van der Waals surface area contributed by atoms with E-state index in [1.807, 2.05) is 18.2 Å². The molecule has 0 atom stereocenters. The number of amides is 2. The Bertz CT molecular complexity index is 1330. The van der Waals surface area contributed by atoms with Gasteiger partial charge in [-0.3, -0.25) is 15.0 Å². The van der Waals surface area contributed by atoms with E-state index in [1.165, 1.54) is 19.2 Å². The number of H-pyrrole nitrogens is 2. The lowest BCUT2D eigenvalue weighted by molar-refractivity contribution is -0.121. The van der Waals surface area contributed by atoms with Crippen LogP contribution in [0.2, 0.25) is 0 Å². The highest BCUT2D eigenvalue weighted by molar-refractivity contribution is 6.05. The van der Waals surface area contributed by atoms with Crippen LogP contribution in [-0.4, -0.2) is 56.1 Å². The fraction of sp³-hybridized carbons (Fsp3) is 0.308. The van der Waals surface area contributed by atoms with E-state index >= 15 is 0 Å². The number of ether oxygens (including phenoxy) is 3. The molecule has 0 fully saturated rings. The Labute approximate surface area is 213 Å². The van der Waals surface area contributed by atoms with E-state index in [9.17, 15) is 14.0 Å². The summed E-state index contributed by atoms with van der Waals surface area (Å²) in [6.07, 6.45) is 0.947. The summed E-state index contributed by atoms with van der Waals surface area (Å²) in [5.41, 5.74) is 2.44. The van der Waals surface area contributed by atoms with Crippen molar-refractivity contribution in [3.05, 3.63) is 48.3 Å². The van der Waals surface area contributed by atoms with Crippen LogP contribution in [0.4, 0.5) is 20.7 Å². The quantitative estimate of drug-likeness (QED) is 0.178. The van der Waals surface area contributed by atoms with Crippen molar-refractivity contribution in [1.29, 1.82) is 0 Å². The molecule has 2 aromatic rings. The van der Waals surface area contributed by atoms with Gasteiger partial charge in [0.05, 0.1) is 26.5 Å². The molecular formula is C26H30FN5O5. The lowest BCUT2D eigenvalue weighted by atomic mass is 10.2. The fourth-order valence-electron chi connectivity index (χ4n) is 3.97. The molecule has 0 saturated carbocycles. The largest absolute Gasteiger partial charge is 0.493 e. The van der Waals surface area contributed by atoms with E-state index in [0.717, 1.165) is 27.8 Å². The van der Waals surface area contributed by atoms with Gasteiger partial charge in [0, 0.05) is 36.1 Å². The molecule has 1 aliphatic heterocycles. The average molecular weight is 512 g/mol. The first-order chi connectivity index (χ1) is 18.0. The smallest absolute Gasteiger partial charge is 0.406 e. The molecular weight excluding hydrogens is 481 g/mol. The highest BCUT2D eigenvalue weighted by Crippen LogP contribution is 2.42. The van der Waals surface area contributed by atoms with Crippen LogP contribution in [0.25, 0.3) is 22.0 Å². The van der Waals surface area contributed by atoms with Crippen LogP contribution in [0.15, 0.2) is 42.5 Å². The minimum Gasteiger partial charge on any atom is -0.493 e. The molecule has 11 heteroatoms. The van der Waals surface area contributed by atoms with Gasteiger partial charge in [0.2, 0.25) is 5.91 Å². The van der Waals surface area contributed by atoms with Crippen LogP contribution in [0.5, 0.6) is 11.5 Å². The fourth-order valence-corrected chi connectivity index (χ4v) is 3.97. The summed E-state index contributed by atoms with van der Waals surface area (Å²) in [4.78, 5) is 22.9. The molecule has 0 bridgehead atoms. The van der Waals surface area contributed by atoms with E-state index in [0.29, 0.717) is 56.1 Å². The van der Waals surface area contributed by atoms with E-state index in [4.69, 9.17) is 9.47 Å². The summed E-state index contributed by atoms with van der Waals surface area (Å²) < 4.78 is 29.5. The third-order valence-corrected chi connectivity index (χ3v) is 5.79. The minimum absolute atomic E-state index is 0.0861. The zero-order chi connectivity index (χ0) is 26.2. The Morgan fingerprint density at radius 1 is 0.973 bits per heavy atom. The van der Waals surface area contributed by atoms with Crippen LogP contribution >= 0.6 is 0 Å². The predicted molar refractivity (Wildman–Crippen MR) is 138 cm³/mol. The molecule has 2 aliphatic rings. The molecule has 0 saturated heterocycles. The number of hydrogen-bond acceptors (Lipinski definition) is 6. The van der Waals surface area contributed by atoms with Gasteiger partial charge in [-0.25, -0.2) is 9.18 Å². The van der Waals surface area contributed by atoms with Gasteiger partial charge in [-0.15, -0.1) is 0 Å². The summed E-state index contributed by atoms with van der Waals surface area (Å²) in [6, 6.07) is 12.1. The number of anilines is 2. The first-order valence-corrected chi connectivity index (χ1v) is 11.9. The van der Waals surface area contributed by atoms with Crippen LogP contribution in [0.1, 0.15) is 19.3 Å². The van der Waals surface area contributed by atoms with E-state index in [2.05, 4.69) is 30.9 Å². The number of aromatic amines is 2. The highest BCUT2D eigenvalue weighted by atomic mass is 19.1. The van der Waals surface area contributed by atoms with Crippen molar-refractivity contribution in [3.63, 3.8) is 0 Å². The number of nitrogens with one attached hydrogen (secondary N) is 5. The van der Waals surface area contributed by atoms with Gasteiger partial charge in [-0.2, -0.15) is 0 Å². The SMILES string of the molecule is COC(=O)NCCCC(=O)NCCCOc1cc2cc3c(Nc4cccc(F)c4)[nH][nH]c-3c2cc1OC. The normalized spacial score (nSPS) is 10.9. The third-order valence-electron chi connectivity index (χ3n) is 5.79. The number of rotatable bonds is 12. The first-order valence-electron chi connectivity index (χ1n) is 11.9. The summed E-state index contributed by atoms with van der Waals surface area (Å²) in [7, 11) is 2.88. The van der Waals surface area contributed by atoms with E-state index < -0.39 is 6.09 Å². The van der Waals surface area contributed by atoms with Crippen molar-refractivity contribution < 1.29 is 28.2 Å². The van der Waals surface area contributed by atoms with Crippen molar-refractivity contribution in [3.8, 4) is 22.8 Å². The average Bonchev–Trinajstić information content (AvgIpc) is 3.44. The molecule has 4 rings (SSSR count). The molecule has 0 radical (unpaired) electrons. The van der Waals surface area contributed by atoms with E-state index in [-0.39, 0.29) is 11.7 Å². The number of alkyl carbamates (subject to hydrolysis) is 1. The summed E-state index contributed by atoms with van der Waals surface area (Å²) in [6.45, 7) is 1.24. The van der Waals surface area contributed by atoms with Crippen molar-refractivity contribution in [1.82, 2.24) is 20.8 Å². The third kappa shape index (κ3) is 6.43. The van der Waals surface area contributed by atoms with E-state index in [1.54, 1.807) is 19.2 Å². The number of fused-ring (bicyclic) bond motifs is 3. The summed E-state index contributed by atoms with van der Waals surface area (Å²) in [5, 5.41) is 16.8. The number of methoxy groups -OCH3 is 2. The van der Waals surface area contributed by atoms with Gasteiger partial charge >= 0.3 is 6.09 Å². The van der Waals surface area contributed by atoms with Gasteiger partial charge in [-0.1, -0.05) is 6.07 Å². The molecule has 2 amide bonds. The Morgan fingerprint density at radius 3 is 2.59 bits per heavy atom. The maximum atomic E-state index is 13.6. The van der Waals surface area contributed by atoms with Crippen molar-refractivity contribution in [2.75, 3.05) is 39.2 Å². The maximum Gasteiger partial charge on any atom is 0.406 e. The summed E-state index contributed by atoms with van der Waals surface area (Å²) >= 11 is 0. The number of benzene rings is 2. The number of halogens is 1. The predicted octanol–water partition coefficient (Wildman–Crippen LogP) is 4.51. The van der Waals surface area contributed by atoms with Gasteiger partial charge in [0.1, 0.15) is 11.6 Å². The molecule has 0 spiro atoms. The zero-order valence-electron chi connectivity index (χ0n) is 20.7. The molecule has 37 heavy (non-hydrogen) atoms. The molecule has 2 aromatic carbocycles. The van der Waals surface area contributed by atoms with Gasteiger partial charge in [-0.05, 0) is 54.6 Å². The van der Waals surface area contributed by atoms with Crippen LogP contribution < -0.4 is 25.4 Å².